The first kappa shape index (κ1) is 15.4. The molecule has 1 rings (SSSR count). The summed E-state index contributed by atoms with van der Waals surface area (Å²) in [6.07, 6.45) is -14.8. The lowest BCUT2D eigenvalue weighted by Crippen LogP contribution is -2.16. The van der Waals surface area contributed by atoms with Gasteiger partial charge in [-0.05, 0) is 12.1 Å². The van der Waals surface area contributed by atoms with E-state index in [1.165, 1.54) is 0 Å². The van der Waals surface area contributed by atoms with Crippen LogP contribution in [0.3, 0.4) is 0 Å². The topological polar surface area (TPSA) is 17.1 Å². The van der Waals surface area contributed by atoms with Crippen LogP contribution >= 0.6 is 0 Å². The van der Waals surface area contributed by atoms with Gasteiger partial charge in [-0.1, -0.05) is 0 Å². The van der Waals surface area contributed by atoms with E-state index in [1.807, 2.05) is 0 Å². The second-order valence-corrected chi connectivity index (χ2v) is 3.44. The summed E-state index contributed by atoms with van der Waals surface area (Å²) in [5.74, 6) is 0. The van der Waals surface area contributed by atoms with E-state index < -0.39 is 53.4 Å². The smallest absolute Gasteiger partial charge is 0.298 e. The van der Waals surface area contributed by atoms with E-state index >= 15 is 0 Å². The molecule has 0 radical (unpaired) electrons. The maximum atomic E-state index is 12.5. The number of rotatable bonds is 2. The second kappa shape index (κ2) is 4.78. The molecule has 0 amide bonds. The molecule has 0 bridgehead atoms. The zero-order valence-corrected chi connectivity index (χ0v) is 8.74. The zero-order chi connectivity index (χ0) is 15.0. The fourth-order valence-electron chi connectivity index (χ4n) is 1.41. The molecule has 0 aliphatic rings. The first-order valence-corrected chi connectivity index (χ1v) is 4.54. The quantitative estimate of drug-likeness (QED) is 0.580. The highest BCUT2D eigenvalue weighted by atomic mass is 19.4. The summed E-state index contributed by atoms with van der Waals surface area (Å²) < 4.78 is 99.4. The van der Waals surface area contributed by atoms with E-state index in [2.05, 4.69) is 0 Å². The van der Waals surface area contributed by atoms with Crippen molar-refractivity contribution in [1.29, 1.82) is 0 Å². The molecular weight excluding hydrogens is 288 g/mol. The largest absolute Gasteiger partial charge is 0.416 e. The monoisotopic (exact) mass is 292 g/mol. The van der Waals surface area contributed by atoms with Crippen molar-refractivity contribution in [3.63, 3.8) is 0 Å². The number of carbonyl (C=O) groups excluding carboxylic acids is 1. The van der Waals surface area contributed by atoms with Crippen LogP contribution in [0.2, 0.25) is 0 Å². The minimum Gasteiger partial charge on any atom is -0.298 e. The Balaban J connectivity index is 3.70. The van der Waals surface area contributed by atoms with Gasteiger partial charge in [0.2, 0.25) is 0 Å². The first-order valence-electron chi connectivity index (χ1n) is 4.54. The molecular formula is C10H4F8O. The van der Waals surface area contributed by atoms with Gasteiger partial charge in [0.05, 0.1) is 11.1 Å². The number of alkyl halides is 8. The van der Waals surface area contributed by atoms with Crippen molar-refractivity contribution in [3.8, 4) is 0 Å². The summed E-state index contributed by atoms with van der Waals surface area (Å²) in [5, 5.41) is 0. The molecule has 0 saturated carbocycles. The summed E-state index contributed by atoms with van der Waals surface area (Å²) in [6, 6.07) is -0.474. The van der Waals surface area contributed by atoms with Crippen molar-refractivity contribution in [3.05, 3.63) is 34.4 Å². The summed E-state index contributed by atoms with van der Waals surface area (Å²) in [7, 11) is 0. The Labute approximate surface area is 100 Å². The van der Waals surface area contributed by atoms with Gasteiger partial charge in [0.1, 0.15) is 0 Å². The van der Waals surface area contributed by atoms with E-state index in [-0.39, 0.29) is 6.07 Å². The van der Waals surface area contributed by atoms with Crippen LogP contribution in [0.15, 0.2) is 12.1 Å². The third-order valence-corrected chi connectivity index (χ3v) is 2.19. The van der Waals surface area contributed by atoms with Gasteiger partial charge in [0.15, 0.2) is 6.29 Å². The molecule has 9 heteroatoms. The Hall–Kier alpha value is -1.67. The predicted octanol–water partition coefficient (Wildman–Crippen LogP) is 4.47. The number of hydrogen-bond donors (Lipinski definition) is 0. The van der Waals surface area contributed by atoms with E-state index in [1.54, 1.807) is 0 Å². The fraction of sp³-hybridized carbons (Fsp3) is 0.300. The van der Waals surface area contributed by atoms with Crippen molar-refractivity contribution in [1.82, 2.24) is 0 Å². The van der Waals surface area contributed by atoms with Crippen LogP contribution in [-0.2, 0) is 12.4 Å². The van der Waals surface area contributed by atoms with Gasteiger partial charge in [-0.3, -0.25) is 4.79 Å². The van der Waals surface area contributed by atoms with Gasteiger partial charge in [0.25, 0.3) is 6.43 Å². The fourth-order valence-corrected chi connectivity index (χ4v) is 1.41. The Bertz CT molecular complexity index is 486. The summed E-state index contributed by atoms with van der Waals surface area (Å²) in [6.45, 7) is 0. The van der Waals surface area contributed by atoms with Crippen LogP contribution in [0.4, 0.5) is 35.1 Å². The SMILES string of the molecule is O=Cc1cc(C(F)(F)F)cc(C(F)(F)F)c1C(F)F. The third-order valence-electron chi connectivity index (χ3n) is 2.19. The normalized spacial score (nSPS) is 12.9. The van der Waals surface area contributed by atoms with Crippen molar-refractivity contribution in [2.75, 3.05) is 0 Å². The maximum Gasteiger partial charge on any atom is 0.416 e. The van der Waals surface area contributed by atoms with E-state index in [0.717, 1.165) is 0 Å². The third kappa shape index (κ3) is 3.21. The van der Waals surface area contributed by atoms with Gasteiger partial charge in [-0.25, -0.2) is 8.78 Å². The average molecular weight is 292 g/mol. The van der Waals surface area contributed by atoms with Crippen LogP contribution in [0.1, 0.15) is 33.5 Å². The molecule has 1 nitrogen and oxygen atoms in total. The van der Waals surface area contributed by atoms with Gasteiger partial charge in [0, 0.05) is 11.1 Å². The predicted molar refractivity (Wildman–Crippen MR) is 46.8 cm³/mol. The van der Waals surface area contributed by atoms with E-state index in [4.69, 9.17) is 0 Å². The average Bonchev–Trinajstić information content (AvgIpc) is 2.24. The highest BCUT2D eigenvalue weighted by Gasteiger charge is 2.41. The lowest BCUT2D eigenvalue weighted by atomic mass is 9.97. The number of carbonyl (C=O) groups is 1. The number of halogens is 8. The molecule has 0 saturated heterocycles. The highest BCUT2D eigenvalue weighted by Crippen LogP contribution is 2.41. The molecule has 0 aliphatic carbocycles. The molecule has 0 unspecified atom stereocenters. The molecule has 1 aromatic rings. The molecule has 0 heterocycles. The summed E-state index contributed by atoms with van der Waals surface area (Å²) in [5.41, 5.74) is -7.07. The van der Waals surface area contributed by atoms with Crippen LogP contribution < -0.4 is 0 Å². The minimum atomic E-state index is -5.43. The standard InChI is InChI=1S/C10H4F8O/c11-8(12)7-4(3-19)1-5(9(13,14)15)2-6(7)10(16,17)18/h1-3,8H. The lowest BCUT2D eigenvalue weighted by Gasteiger charge is -2.17. The molecule has 1 aromatic carbocycles. The number of aldehydes is 1. The van der Waals surface area contributed by atoms with Gasteiger partial charge >= 0.3 is 12.4 Å². The molecule has 0 spiro atoms. The van der Waals surface area contributed by atoms with Gasteiger partial charge in [-0.15, -0.1) is 0 Å². The minimum absolute atomic E-state index is 0.0380. The highest BCUT2D eigenvalue weighted by molar-refractivity contribution is 5.79. The number of hydrogen-bond acceptors (Lipinski definition) is 1. The van der Waals surface area contributed by atoms with Crippen LogP contribution in [0.25, 0.3) is 0 Å². The van der Waals surface area contributed by atoms with Gasteiger partial charge < -0.3 is 0 Å². The molecule has 0 aliphatic heterocycles. The van der Waals surface area contributed by atoms with Crippen LogP contribution in [0, 0.1) is 0 Å². The van der Waals surface area contributed by atoms with Crippen molar-refractivity contribution < 1.29 is 39.9 Å². The van der Waals surface area contributed by atoms with Crippen molar-refractivity contribution in [2.24, 2.45) is 0 Å². The Kier molecular flexibility index (Phi) is 3.87. The summed E-state index contributed by atoms with van der Waals surface area (Å²) in [4.78, 5) is 10.4. The van der Waals surface area contributed by atoms with E-state index in [9.17, 15) is 39.9 Å². The number of benzene rings is 1. The summed E-state index contributed by atoms with van der Waals surface area (Å²) >= 11 is 0. The van der Waals surface area contributed by atoms with E-state index in [0.29, 0.717) is 0 Å². The Morgan fingerprint density at radius 1 is 0.947 bits per heavy atom. The molecule has 19 heavy (non-hydrogen) atoms. The Morgan fingerprint density at radius 3 is 1.79 bits per heavy atom. The van der Waals surface area contributed by atoms with Crippen LogP contribution in [0.5, 0.6) is 0 Å². The second-order valence-electron chi connectivity index (χ2n) is 3.44. The van der Waals surface area contributed by atoms with Crippen LogP contribution in [-0.4, -0.2) is 6.29 Å². The van der Waals surface area contributed by atoms with Crippen molar-refractivity contribution in [2.45, 2.75) is 18.8 Å². The first-order chi connectivity index (χ1) is 8.48. The maximum absolute atomic E-state index is 12.5. The molecule has 0 N–H and O–H groups in total. The van der Waals surface area contributed by atoms with Gasteiger partial charge in [-0.2, -0.15) is 26.3 Å². The zero-order valence-electron chi connectivity index (χ0n) is 8.74. The molecule has 0 atom stereocenters. The molecule has 0 aromatic heterocycles. The molecule has 0 fully saturated rings. The molecule has 106 valence electrons. The van der Waals surface area contributed by atoms with Crippen molar-refractivity contribution >= 4 is 6.29 Å². The Morgan fingerprint density at radius 2 is 1.47 bits per heavy atom. The lowest BCUT2D eigenvalue weighted by molar-refractivity contribution is -0.144.